The van der Waals surface area contributed by atoms with Gasteiger partial charge < -0.3 is 19.7 Å². The van der Waals surface area contributed by atoms with Gasteiger partial charge in [-0.3, -0.25) is 9.59 Å². The number of carbonyl (C=O) groups is 2. The summed E-state index contributed by atoms with van der Waals surface area (Å²) in [5, 5.41) is 2.74. The van der Waals surface area contributed by atoms with E-state index in [1.165, 1.54) is 6.92 Å². The van der Waals surface area contributed by atoms with Gasteiger partial charge in [-0.05, 0) is 49.6 Å². The van der Waals surface area contributed by atoms with E-state index in [-0.39, 0.29) is 18.4 Å². The van der Waals surface area contributed by atoms with Gasteiger partial charge in [-0.15, -0.1) is 0 Å². The number of carbonyl (C=O) groups excluding carboxylic acids is 2. The lowest BCUT2D eigenvalue weighted by molar-refractivity contribution is -0.121. The summed E-state index contributed by atoms with van der Waals surface area (Å²) in [6, 6.07) is 13.2. The van der Waals surface area contributed by atoms with Crippen molar-refractivity contribution in [2.24, 2.45) is 0 Å². The molecule has 0 spiro atoms. The van der Waals surface area contributed by atoms with Crippen LogP contribution in [0.15, 0.2) is 42.5 Å². The van der Waals surface area contributed by atoms with E-state index in [1.807, 2.05) is 31.2 Å². The Balaban J connectivity index is 1.57. The van der Waals surface area contributed by atoms with Crippen molar-refractivity contribution >= 4 is 23.2 Å². The molecule has 0 atom stereocenters. The van der Waals surface area contributed by atoms with Gasteiger partial charge in [0.15, 0.2) is 6.61 Å². The molecule has 0 radical (unpaired) electrons. The molecule has 1 aliphatic heterocycles. The Morgan fingerprint density at radius 1 is 1.22 bits per heavy atom. The zero-order chi connectivity index (χ0) is 19.2. The number of hydrogen-bond acceptors (Lipinski definition) is 4. The zero-order valence-corrected chi connectivity index (χ0v) is 15.7. The number of benzene rings is 2. The molecule has 2 aromatic rings. The minimum absolute atomic E-state index is 0.0339. The van der Waals surface area contributed by atoms with E-state index in [9.17, 15) is 9.59 Å². The Morgan fingerprint density at radius 3 is 2.81 bits per heavy atom. The maximum absolute atomic E-state index is 12.3. The molecule has 0 unspecified atom stereocenters. The fourth-order valence-corrected chi connectivity index (χ4v) is 3.00. The second kappa shape index (κ2) is 8.58. The molecule has 1 N–H and O–H groups in total. The summed E-state index contributed by atoms with van der Waals surface area (Å²) in [5.41, 5.74) is 2.45. The third-order valence-electron chi connectivity index (χ3n) is 4.35. The van der Waals surface area contributed by atoms with Crippen LogP contribution in [0.4, 0.5) is 11.4 Å². The lowest BCUT2D eigenvalue weighted by atomic mass is 10.2. The van der Waals surface area contributed by atoms with Crippen LogP contribution >= 0.6 is 0 Å². The summed E-state index contributed by atoms with van der Waals surface area (Å²) in [6.45, 7) is 4.68. The van der Waals surface area contributed by atoms with Gasteiger partial charge in [-0.1, -0.05) is 18.2 Å². The first-order chi connectivity index (χ1) is 13.0. The predicted molar refractivity (Wildman–Crippen MR) is 105 cm³/mol. The van der Waals surface area contributed by atoms with Crippen molar-refractivity contribution in [1.82, 2.24) is 0 Å². The molecule has 142 valence electrons. The van der Waals surface area contributed by atoms with Crippen LogP contribution in [0, 0.1) is 6.92 Å². The highest BCUT2D eigenvalue weighted by Gasteiger charge is 2.25. The monoisotopic (exact) mass is 368 g/mol. The molecule has 2 amide bonds. The minimum atomic E-state index is -0.155. The number of para-hydroxylation sites is 1. The summed E-state index contributed by atoms with van der Waals surface area (Å²) < 4.78 is 11.3. The van der Waals surface area contributed by atoms with Crippen molar-refractivity contribution in [2.45, 2.75) is 26.7 Å². The zero-order valence-electron chi connectivity index (χ0n) is 15.7. The van der Waals surface area contributed by atoms with Crippen LogP contribution in [0.5, 0.6) is 11.5 Å². The molecule has 6 heteroatoms. The second-order valence-electron chi connectivity index (χ2n) is 6.52. The van der Waals surface area contributed by atoms with Crippen LogP contribution in [0.2, 0.25) is 0 Å². The van der Waals surface area contributed by atoms with E-state index in [4.69, 9.17) is 9.47 Å². The average Bonchev–Trinajstić information content (AvgIpc) is 2.64. The minimum Gasteiger partial charge on any atom is -0.493 e. The SMILES string of the molecule is CC(=O)Nc1ccc2c(c1)N(CCCCOc1ccccc1C)C(=O)CO2. The first-order valence-electron chi connectivity index (χ1n) is 9.08. The number of nitrogens with one attached hydrogen (secondary N) is 1. The summed E-state index contributed by atoms with van der Waals surface area (Å²) in [7, 11) is 0. The fraction of sp³-hybridized carbons (Fsp3) is 0.333. The smallest absolute Gasteiger partial charge is 0.265 e. The molecule has 0 saturated carbocycles. The Hall–Kier alpha value is -3.02. The third kappa shape index (κ3) is 4.78. The Morgan fingerprint density at radius 2 is 2.04 bits per heavy atom. The maximum Gasteiger partial charge on any atom is 0.265 e. The number of unbranched alkanes of at least 4 members (excludes halogenated alkanes) is 1. The molecular weight excluding hydrogens is 344 g/mol. The lowest BCUT2D eigenvalue weighted by Crippen LogP contribution is -2.39. The van der Waals surface area contributed by atoms with E-state index >= 15 is 0 Å². The first-order valence-corrected chi connectivity index (χ1v) is 9.08. The van der Waals surface area contributed by atoms with Crippen molar-refractivity contribution in [2.75, 3.05) is 30.0 Å². The van der Waals surface area contributed by atoms with Gasteiger partial charge in [0.1, 0.15) is 11.5 Å². The summed E-state index contributed by atoms with van der Waals surface area (Å²) in [6.07, 6.45) is 1.64. The number of hydrogen-bond donors (Lipinski definition) is 1. The normalized spacial score (nSPS) is 13.0. The van der Waals surface area contributed by atoms with Crippen LogP contribution in [-0.4, -0.2) is 31.6 Å². The predicted octanol–water partition coefficient (Wildman–Crippen LogP) is 3.54. The van der Waals surface area contributed by atoms with Gasteiger partial charge in [0.2, 0.25) is 5.91 Å². The number of aryl methyl sites for hydroxylation is 1. The van der Waals surface area contributed by atoms with Crippen LogP contribution in [0.25, 0.3) is 0 Å². The van der Waals surface area contributed by atoms with Gasteiger partial charge in [0.25, 0.3) is 5.91 Å². The van der Waals surface area contributed by atoms with Crippen LogP contribution in [0.3, 0.4) is 0 Å². The first kappa shape index (κ1) is 18.8. The van der Waals surface area contributed by atoms with Crippen molar-refractivity contribution in [1.29, 1.82) is 0 Å². The molecule has 0 saturated heterocycles. The molecule has 1 aliphatic rings. The van der Waals surface area contributed by atoms with Gasteiger partial charge in [0.05, 0.1) is 12.3 Å². The van der Waals surface area contributed by atoms with E-state index in [0.29, 0.717) is 30.3 Å². The van der Waals surface area contributed by atoms with E-state index in [0.717, 1.165) is 24.2 Å². The quantitative estimate of drug-likeness (QED) is 0.759. The van der Waals surface area contributed by atoms with Crippen molar-refractivity contribution in [3.63, 3.8) is 0 Å². The molecule has 2 aromatic carbocycles. The molecule has 0 aromatic heterocycles. The van der Waals surface area contributed by atoms with Crippen molar-refractivity contribution in [3.8, 4) is 11.5 Å². The standard InChI is InChI=1S/C21H24N2O4/c1-15-7-3-4-8-19(15)26-12-6-5-11-23-18-13-17(22-16(2)24)9-10-20(18)27-14-21(23)25/h3-4,7-10,13H,5-6,11-12,14H2,1-2H3,(H,22,24). The summed E-state index contributed by atoms with van der Waals surface area (Å²) >= 11 is 0. The molecule has 0 fully saturated rings. The number of fused-ring (bicyclic) bond motifs is 1. The Bertz CT molecular complexity index is 835. The molecule has 6 nitrogen and oxygen atoms in total. The third-order valence-corrected chi connectivity index (χ3v) is 4.35. The number of ether oxygens (including phenoxy) is 2. The second-order valence-corrected chi connectivity index (χ2v) is 6.52. The number of anilines is 2. The van der Waals surface area contributed by atoms with Crippen molar-refractivity contribution in [3.05, 3.63) is 48.0 Å². The summed E-state index contributed by atoms with van der Waals surface area (Å²) in [4.78, 5) is 25.3. The lowest BCUT2D eigenvalue weighted by Gasteiger charge is -2.30. The van der Waals surface area contributed by atoms with Gasteiger partial charge >= 0.3 is 0 Å². The van der Waals surface area contributed by atoms with Crippen LogP contribution in [-0.2, 0) is 9.59 Å². The molecule has 0 aliphatic carbocycles. The van der Waals surface area contributed by atoms with Crippen LogP contribution in [0.1, 0.15) is 25.3 Å². The molecular formula is C21H24N2O4. The Kier molecular flexibility index (Phi) is 5.96. The topological polar surface area (TPSA) is 67.9 Å². The number of rotatable bonds is 7. The maximum atomic E-state index is 12.3. The van der Waals surface area contributed by atoms with E-state index in [2.05, 4.69) is 5.32 Å². The highest BCUT2D eigenvalue weighted by Crippen LogP contribution is 2.34. The number of amides is 2. The molecule has 0 bridgehead atoms. The van der Waals surface area contributed by atoms with Gasteiger partial charge in [-0.2, -0.15) is 0 Å². The molecule has 3 rings (SSSR count). The molecule has 1 heterocycles. The number of nitrogens with zero attached hydrogens (tertiary/aromatic N) is 1. The highest BCUT2D eigenvalue weighted by molar-refractivity contribution is 5.99. The summed E-state index contributed by atoms with van der Waals surface area (Å²) in [5.74, 6) is 1.31. The molecule has 27 heavy (non-hydrogen) atoms. The average molecular weight is 368 g/mol. The van der Waals surface area contributed by atoms with E-state index < -0.39 is 0 Å². The van der Waals surface area contributed by atoms with Gasteiger partial charge in [0, 0.05) is 19.2 Å². The Labute approximate surface area is 159 Å². The fourth-order valence-electron chi connectivity index (χ4n) is 3.00. The highest BCUT2D eigenvalue weighted by atomic mass is 16.5. The van der Waals surface area contributed by atoms with Crippen LogP contribution < -0.4 is 19.7 Å². The van der Waals surface area contributed by atoms with Gasteiger partial charge in [-0.25, -0.2) is 0 Å². The van der Waals surface area contributed by atoms with Crippen molar-refractivity contribution < 1.29 is 19.1 Å². The van der Waals surface area contributed by atoms with E-state index in [1.54, 1.807) is 23.1 Å². The largest absolute Gasteiger partial charge is 0.493 e.